The molecule has 0 heterocycles. The summed E-state index contributed by atoms with van der Waals surface area (Å²) in [6.07, 6.45) is 3.91. The molecule has 0 bridgehead atoms. The minimum atomic E-state index is -4.16. The van der Waals surface area contributed by atoms with Gasteiger partial charge in [0, 0.05) is 17.6 Å². The topological polar surface area (TPSA) is 96.0 Å². The number of sulfonamides is 1. The second kappa shape index (κ2) is 13.6. The first kappa shape index (κ1) is 31.4. The van der Waals surface area contributed by atoms with E-state index in [0.717, 1.165) is 41.1 Å². The van der Waals surface area contributed by atoms with E-state index in [2.05, 4.69) is 5.32 Å². The van der Waals surface area contributed by atoms with Crippen LogP contribution in [-0.4, -0.2) is 50.9 Å². The lowest BCUT2D eigenvalue weighted by molar-refractivity contribution is -0.139. The summed E-state index contributed by atoms with van der Waals surface area (Å²) < 4.78 is 34.5. The fourth-order valence-corrected chi connectivity index (χ4v) is 6.90. The molecule has 3 aromatic rings. The average molecular weight is 612 g/mol. The molecule has 1 aliphatic rings. The normalized spacial score (nSPS) is 14.3. The number of hydrogen-bond acceptors (Lipinski definition) is 5. The van der Waals surface area contributed by atoms with Crippen LogP contribution in [0.3, 0.4) is 0 Å². The van der Waals surface area contributed by atoms with Gasteiger partial charge in [0.2, 0.25) is 11.8 Å². The number of halogens is 1. The summed E-state index contributed by atoms with van der Waals surface area (Å²) in [7, 11) is -2.60. The number of aryl methyl sites for hydroxylation is 2. The molecule has 224 valence electrons. The number of rotatable bonds is 11. The second-order valence-electron chi connectivity index (χ2n) is 10.8. The summed E-state index contributed by atoms with van der Waals surface area (Å²) in [5.41, 5.74) is 2.58. The standard InChI is InChI=1S/C32H38ClN3O5S/c1-22-12-15-29(16-13-22)42(39,40)36(30-17-14-26(33)18-23(30)2)21-31(37)35(20-25-8-7-11-28(19-25)41-4)24(3)32(38)34-27-9-5-6-10-27/h7-8,11-19,24,27H,5-6,9-10,20-21H2,1-4H3,(H,34,38)/t24-/m0/s1. The summed E-state index contributed by atoms with van der Waals surface area (Å²) in [6, 6.07) is 17.8. The van der Waals surface area contributed by atoms with Gasteiger partial charge in [-0.3, -0.25) is 13.9 Å². The van der Waals surface area contributed by atoms with Crippen LogP contribution in [0.2, 0.25) is 5.02 Å². The Balaban J connectivity index is 1.72. The molecule has 42 heavy (non-hydrogen) atoms. The van der Waals surface area contributed by atoms with E-state index < -0.39 is 28.5 Å². The number of carbonyl (C=O) groups is 2. The minimum Gasteiger partial charge on any atom is -0.497 e. The van der Waals surface area contributed by atoms with E-state index in [9.17, 15) is 18.0 Å². The van der Waals surface area contributed by atoms with Gasteiger partial charge in [-0.15, -0.1) is 0 Å². The molecule has 1 aliphatic carbocycles. The van der Waals surface area contributed by atoms with E-state index in [1.54, 1.807) is 63.4 Å². The number of amides is 2. The highest BCUT2D eigenvalue weighted by Crippen LogP contribution is 2.30. The molecular formula is C32H38ClN3O5S. The molecule has 1 saturated carbocycles. The maximum atomic E-state index is 14.2. The monoisotopic (exact) mass is 611 g/mol. The Bertz CT molecular complexity index is 1520. The van der Waals surface area contributed by atoms with Crippen molar-refractivity contribution in [2.24, 2.45) is 0 Å². The quantitative estimate of drug-likeness (QED) is 0.303. The van der Waals surface area contributed by atoms with E-state index in [1.165, 1.54) is 17.0 Å². The highest BCUT2D eigenvalue weighted by Gasteiger charge is 2.34. The van der Waals surface area contributed by atoms with Crippen LogP contribution in [0.1, 0.15) is 49.3 Å². The van der Waals surface area contributed by atoms with Gasteiger partial charge in [0.25, 0.3) is 10.0 Å². The summed E-state index contributed by atoms with van der Waals surface area (Å²) >= 11 is 6.19. The van der Waals surface area contributed by atoms with Gasteiger partial charge >= 0.3 is 0 Å². The lowest BCUT2D eigenvalue weighted by Crippen LogP contribution is -2.52. The maximum absolute atomic E-state index is 14.2. The summed E-state index contributed by atoms with van der Waals surface area (Å²) in [5, 5.41) is 3.53. The maximum Gasteiger partial charge on any atom is 0.264 e. The first-order chi connectivity index (χ1) is 20.0. The number of benzene rings is 3. The lowest BCUT2D eigenvalue weighted by atomic mass is 10.1. The predicted molar refractivity (Wildman–Crippen MR) is 165 cm³/mol. The third kappa shape index (κ3) is 7.44. The van der Waals surface area contributed by atoms with Crippen molar-refractivity contribution in [3.8, 4) is 5.75 Å². The van der Waals surface area contributed by atoms with Crippen LogP contribution in [0.15, 0.2) is 71.6 Å². The molecule has 0 aromatic heterocycles. The van der Waals surface area contributed by atoms with Crippen molar-refractivity contribution in [2.75, 3.05) is 18.0 Å². The molecular weight excluding hydrogens is 574 g/mol. The molecule has 3 aromatic carbocycles. The molecule has 1 N–H and O–H groups in total. The zero-order valence-electron chi connectivity index (χ0n) is 24.5. The number of nitrogens with one attached hydrogen (secondary N) is 1. The fourth-order valence-electron chi connectivity index (χ4n) is 5.19. The van der Waals surface area contributed by atoms with Gasteiger partial charge in [-0.2, -0.15) is 0 Å². The first-order valence-electron chi connectivity index (χ1n) is 14.1. The molecule has 0 aliphatic heterocycles. The molecule has 8 nitrogen and oxygen atoms in total. The van der Waals surface area contributed by atoms with Gasteiger partial charge in [-0.05, 0) is 87.2 Å². The number of methoxy groups -OCH3 is 1. The van der Waals surface area contributed by atoms with Gasteiger partial charge in [-0.1, -0.05) is 54.3 Å². The average Bonchev–Trinajstić information content (AvgIpc) is 3.48. The zero-order chi connectivity index (χ0) is 30.4. The third-order valence-corrected chi connectivity index (χ3v) is 9.68. The molecule has 1 atom stereocenters. The van der Waals surface area contributed by atoms with E-state index >= 15 is 0 Å². The Morgan fingerprint density at radius 3 is 2.36 bits per heavy atom. The highest BCUT2D eigenvalue weighted by atomic mass is 35.5. The Labute approximate surface area is 253 Å². The summed E-state index contributed by atoms with van der Waals surface area (Å²) in [5.74, 6) is -0.172. The van der Waals surface area contributed by atoms with Gasteiger partial charge in [0.05, 0.1) is 17.7 Å². The van der Waals surface area contributed by atoms with Crippen molar-refractivity contribution in [3.05, 3.63) is 88.4 Å². The van der Waals surface area contributed by atoms with Crippen LogP contribution in [0.5, 0.6) is 5.75 Å². The van der Waals surface area contributed by atoms with Crippen LogP contribution in [0, 0.1) is 13.8 Å². The van der Waals surface area contributed by atoms with E-state index in [0.29, 0.717) is 22.0 Å². The molecule has 0 unspecified atom stereocenters. The molecule has 4 rings (SSSR count). The summed E-state index contributed by atoms with van der Waals surface area (Å²) in [6.45, 7) is 4.87. The Kier molecular flexibility index (Phi) is 10.2. The summed E-state index contributed by atoms with van der Waals surface area (Å²) in [4.78, 5) is 29.0. The van der Waals surface area contributed by atoms with Gasteiger partial charge < -0.3 is 15.0 Å². The van der Waals surface area contributed by atoms with Crippen molar-refractivity contribution in [1.82, 2.24) is 10.2 Å². The van der Waals surface area contributed by atoms with Crippen molar-refractivity contribution < 1.29 is 22.7 Å². The molecule has 0 saturated heterocycles. The van der Waals surface area contributed by atoms with Crippen molar-refractivity contribution in [1.29, 1.82) is 0 Å². The Morgan fingerprint density at radius 1 is 1.02 bits per heavy atom. The number of ether oxygens (including phenoxy) is 1. The SMILES string of the molecule is COc1cccc(CN(C(=O)CN(c2ccc(Cl)cc2C)S(=O)(=O)c2ccc(C)cc2)[C@@H](C)C(=O)NC2CCCC2)c1. The van der Waals surface area contributed by atoms with Gasteiger partial charge in [0.1, 0.15) is 18.3 Å². The van der Waals surface area contributed by atoms with Crippen LogP contribution in [0.25, 0.3) is 0 Å². The molecule has 10 heteroatoms. The number of anilines is 1. The van der Waals surface area contributed by atoms with Crippen LogP contribution >= 0.6 is 11.6 Å². The third-order valence-electron chi connectivity index (χ3n) is 7.67. The predicted octanol–water partition coefficient (Wildman–Crippen LogP) is 5.64. The van der Waals surface area contributed by atoms with Crippen LogP contribution in [-0.2, 0) is 26.2 Å². The van der Waals surface area contributed by atoms with E-state index in [-0.39, 0.29) is 23.4 Å². The fraction of sp³-hybridized carbons (Fsp3) is 0.375. The van der Waals surface area contributed by atoms with E-state index in [4.69, 9.17) is 16.3 Å². The number of hydrogen-bond donors (Lipinski definition) is 1. The van der Waals surface area contributed by atoms with Gasteiger partial charge in [0.15, 0.2) is 0 Å². The molecule has 2 amide bonds. The van der Waals surface area contributed by atoms with Crippen LogP contribution in [0.4, 0.5) is 5.69 Å². The lowest BCUT2D eigenvalue weighted by Gasteiger charge is -2.33. The Morgan fingerprint density at radius 2 is 1.71 bits per heavy atom. The Hall–Kier alpha value is -3.56. The minimum absolute atomic E-state index is 0.0571. The highest BCUT2D eigenvalue weighted by molar-refractivity contribution is 7.92. The first-order valence-corrected chi connectivity index (χ1v) is 15.9. The largest absolute Gasteiger partial charge is 0.497 e. The van der Waals surface area contributed by atoms with Gasteiger partial charge in [-0.25, -0.2) is 8.42 Å². The van der Waals surface area contributed by atoms with Crippen molar-refractivity contribution >= 4 is 39.1 Å². The molecule has 1 fully saturated rings. The molecule has 0 spiro atoms. The van der Waals surface area contributed by atoms with Crippen molar-refractivity contribution in [2.45, 2.75) is 70.0 Å². The van der Waals surface area contributed by atoms with Crippen LogP contribution < -0.4 is 14.4 Å². The zero-order valence-corrected chi connectivity index (χ0v) is 26.0. The second-order valence-corrected chi connectivity index (χ2v) is 13.1. The molecule has 0 radical (unpaired) electrons. The number of carbonyl (C=O) groups excluding carboxylic acids is 2. The number of nitrogens with zero attached hydrogens (tertiary/aromatic N) is 2. The smallest absolute Gasteiger partial charge is 0.264 e. The van der Waals surface area contributed by atoms with E-state index in [1.807, 2.05) is 19.1 Å². The van der Waals surface area contributed by atoms with Crippen molar-refractivity contribution in [3.63, 3.8) is 0 Å².